The summed E-state index contributed by atoms with van der Waals surface area (Å²) >= 11 is 12.5. The third-order valence-electron chi connectivity index (χ3n) is 4.55. The number of hydrogen-bond acceptors (Lipinski definition) is 5. The van der Waals surface area contributed by atoms with Crippen LogP contribution in [0, 0.1) is 6.92 Å². The van der Waals surface area contributed by atoms with Crippen LogP contribution in [0.25, 0.3) is 5.69 Å². The van der Waals surface area contributed by atoms with Crippen LogP contribution in [0.2, 0.25) is 10.0 Å². The van der Waals surface area contributed by atoms with Crippen molar-refractivity contribution < 1.29 is 9.53 Å². The molecule has 0 unspecified atom stereocenters. The summed E-state index contributed by atoms with van der Waals surface area (Å²) in [6.07, 6.45) is 1.82. The molecule has 0 radical (unpaired) electrons. The molecule has 1 N–H and O–H groups in total. The van der Waals surface area contributed by atoms with E-state index in [0.29, 0.717) is 35.9 Å². The van der Waals surface area contributed by atoms with Gasteiger partial charge in [-0.25, -0.2) is 4.79 Å². The number of rotatable bonds is 3. The molecule has 1 aromatic carbocycles. The standard InChI is InChI=1S/C20H24Cl2N4O3/c1-12-5-6-14(9-15(12)21)26-18(27)17(22)16(10-23-26)25-8-7-13(11-25)24-19(28)29-20(2,3)4/h5-6,9-10,13H,7-8,11H2,1-4H3,(H,24,28)/t13-/m1/s1. The van der Waals surface area contributed by atoms with E-state index in [-0.39, 0.29) is 11.1 Å². The number of hydrogen-bond donors (Lipinski definition) is 1. The van der Waals surface area contributed by atoms with Crippen LogP contribution in [0.4, 0.5) is 10.5 Å². The molecule has 1 aliphatic rings. The lowest BCUT2D eigenvalue weighted by Gasteiger charge is -2.22. The molecule has 0 spiro atoms. The lowest BCUT2D eigenvalue weighted by atomic mass is 10.2. The van der Waals surface area contributed by atoms with Crippen LogP contribution in [0.5, 0.6) is 0 Å². The number of alkyl carbamates (subject to hydrolysis) is 1. The molecule has 156 valence electrons. The smallest absolute Gasteiger partial charge is 0.407 e. The van der Waals surface area contributed by atoms with E-state index >= 15 is 0 Å². The second-order valence-corrected chi connectivity index (χ2v) is 8.86. The maximum atomic E-state index is 12.8. The highest BCUT2D eigenvalue weighted by Crippen LogP contribution is 2.26. The zero-order valence-corrected chi connectivity index (χ0v) is 18.3. The van der Waals surface area contributed by atoms with Gasteiger partial charge in [-0.05, 0) is 51.8 Å². The molecule has 1 aliphatic heterocycles. The number of benzene rings is 1. The summed E-state index contributed by atoms with van der Waals surface area (Å²) in [6, 6.07) is 5.17. The molecule has 1 fully saturated rings. The third kappa shape index (κ3) is 5.03. The average Bonchev–Trinajstić information content (AvgIpc) is 3.06. The van der Waals surface area contributed by atoms with Crippen molar-refractivity contribution >= 4 is 35.0 Å². The summed E-state index contributed by atoms with van der Waals surface area (Å²) in [5.74, 6) is 0. The zero-order chi connectivity index (χ0) is 21.3. The SMILES string of the molecule is Cc1ccc(-n2ncc(N3CC[C@@H](NC(=O)OC(C)(C)C)C3)c(Cl)c2=O)cc1Cl. The quantitative estimate of drug-likeness (QED) is 0.784. The maximum absolute atomic E-state index is 12.8. The topological polar surface area (TPSA) is 76.5 Å². The first kappa shape index (κ1) is 21.5. The van der Waals surface area contributed by atoms with Gasteiger partial charge in [0.1, 0.15) is 10.6 Å². The molecule has 2 aromatic rings. The number of nitrogens with one attached hydrogen (secondary N) is 1. The molecular formula is C20H24Cl2N4O3. The van der Waals surface area contributed by atoms with E-state index in [1.54, 1.807) is 18.3 Å². The summed E-state index contributed by atoms with van der Waals surface area (Å²) in [5.41, 5.74) is 1.02. The van der Waals surface area contributed by atoms with Crippen molar-refractivity contribution in [3.63, 3.8) is 0 Å². The number of ether oxygens (including phenoxy) is 1. The van der Waals surface area contributed by atoms with Crippen molar-refractivity contribution in [1.82, 2.24) is 15.1 Å². The van der Waals surface area contributed by atoms with E-state index in [2.05, 4.69) is 10.4 Å². The predicted molar refractivity (Wildman–Crippen MR) is 115 cm³/mol. The van der Waals surface area contributed by atoms with Gasteiger partial charge in [0.25, 0.3) is 5.56 Å². The van der Waals surface area contributed by atoms with Gasteiger partial charge in [0.15, 0.2) is 0 Å². The molecule has 1 atom stereocenters. The summed E-state index contributed by atoms with van der Waals surface area (Å²) < 4.78 is 6.52. The Labute approximate surface area is 179 Å². The summed E-state index contributed by atoms with van der Waals surface area (Å²) in [6.45, 7) is 8.48. The molecule has 0 bridgehead atoms. The monoisotopic (exact) mass is 438 g/mol. The van der Waals surface area contributed by atoms with Crippen LogP contribution < -0.4 is 15.8 Å². The van der Waals surface area contributed by atoms with Gasteiger partial charge in [0.05, 0.1) is 23.6 Å². The van der Waals surface area contributed by atoms with Crippen molar-refractivity contribution in [2.75, 3.05) is 18.0 Å². The summed E-state index contributed by atoms with van der Waals surface area (Å²) in [4.78, 5) is 26.7. The Hall–Kier alpha value is -2.25. The van der Waals surface area contributed by atoms with E-state index in [4.69, 9.17) is 27.9 Å². The van der Waals surface area contributed by atoms with Crippen LogP contribution in [0.1, 0.15) is 32.8 Å². The van der Waals surface area contributed by atoms with Crippen LogP contribution in [0.3, 0.4) is 0 Å². The van der Waals surface area contributed by atoms with Crippen molar-refractivity contribution in [2.24, 2.45) is 0 Å². The Morgan fingerprint density at radius 1 is 1.31 bits per heavy atom. The number of aryl methyl sites for hydroxylation is 1. The van der Waals surface area contributed by atoms with Gasteiger partial charge in [-0.2, -0.15) is 9.78 Å². The van der Waals surface area contributed by atoms with Gasteiger partial charge in [0.2, 0.25) is 0 Å². The number of anilines is 1. The molecule has 2 heterocycles. The minimum atomic E-state index is -0.557. The fraction of sp³-hybridized carbons (Fsp3) is 0.450. The van der Waals surface area contributed by atoms with Crippen LogP contribution in [-0.4, -0.2) is 40.6 Å². The van der Waals surface area contributed by atoms with E-state index < -0.39 is 17.3 Å². The zero-order valence-electron chi connectivity index (χ0n) is 16.8. The Morgan fingerprint density at radius 3 is 2.69 bits per heavy atom. The third-order valence-corrected chi connectivity index (χ3v) is 5.31. The number of halogens is 2. The van der Waals surface area contributed by atoms with Crippen molar-refractivity contribution in [3.8, 4) is 5.69 Å². The van der Waals surface area contributed by atoms with Crippen molar-refractivity contribution in [2.45, 2.75) is 45.8 Å². The minimum Gasteiger partial charge on any atom is -0.444 e. The van der Waals surface area contributed by atoms with Crippen LogP contribution >= 0.6 is 23.2 Å². The Kier molecular flexibility index (Phi) is 6.10. The molecule has 9 heteroatoms. The van der Waals surface area contributed by atoms with Gasteiger partial charge in [-0.3, -0.25) is 4.79 Å². The van der Waals surface area contributed by atoms with E-state index in [1.807, 2.05) is 38.7 Å². The van der Waals surface area contributed by atoms with Gasteiger partial charge in [-0.15, -0.1) is 0 Å². The van der Waals surface area contributed by atoms with Gasteiger partial charge in [0, 0.05) is 18.1 Å². The van der Waals surface area contributed by atoms with E-state index in [0.717, 1.165) is 5.56 Å². The largest absolute Gasteiger partial charge is 0.444 e. The molecule has 3 rings (SSSR count). The number of nitrogens with zero attached hydrogens (tertiary/aromatic N) is 3. The lowest BCUT2D eigenvalue weighted by molar-refractivity contribution is 0.0509. The molecule has 0 saturated carbocycles. The normalized spacial score (nSPS) is 16.8. The highest BCUT2D eigenvalue weighted by molar-refractivity contribution is 6.33. The number of carbonyl (C=O) groups excluding carboxylic acids is 1. The highest BCUT2D eigenvalue weighted by Gasteiger charge is 2.28. The number of amides is 1. The first-order chi connectivity index (χ1) is 13.5. The molecule has 1 amide bonds. The van der Waals surface area contributed by atoms with E-state index in [9.17, 15) is 9.59 Å². The second-order valence-electron chi connectivity index (χ2n) is 8.07. The lowest BCUT2D eigenvalue weighted by Crippen LogP contribution is -2.40. The van der Waals surface area contributed by atoms with Gasteiger partial charge in [-0.1, -0.05) is 29.3 Å². The fourth-order valence-electron chi connectivity index (χ4n) is 3.11. The van der Waals surface area contributed by atoms with Crippen molar-refractivity contribution in [3.05, 3.63) is 50.4 Å². The van der Waals surface area contributed by atoms with Gasteiger partial charge >= 0.3 is 6.09 Å². The summed E-state index contributed by atoms with van der Waals surface area (Å²) in [5, 5.41) is 7.75. The highest BCUT2D eigenvalue weighted by atomic mass is 35.5. The average molecular weight is 439 g/mol. The second kappa shape index (κ2) is 8.24. The van der Waals surface area contributed by atoms with Crippen LogP contribution in [-0.2, 0) is 4.74 Å². The number of aromatic nitrogens is 2. The Morgan fingerprint density at radius 2 is 2.03 bits per heavy atom. The Balaban J connectivity index is 1.75. The predicted octanol–water partition coefficient (Wildman–Crippen LogP) is 3.95. The van der Waals surface area contributed by atoms with E-state index in [1.165, 1.54) is 4.68 Å². The molecule has 0 aliphatic carbocycles. The first-order valence-electron chi connectivity index (χ1n) is 9.34. The summed E-state index contributed by atoms with van der Waals surface area (Å²) in [7, 11) is 0. The molecular weight excluding hydrogens is 415 g/mol. The minimum absolute atomic E-state index is 0.0783. The first-order valence-corrected chi connectivity index (χ1v) is 10.1. The fourth-order valence-corrected chi connectivity index (χ4v) is 3.54. The van der Waals surface area contributed by atoms with Gasteiger partial charge < -0.3 is 15.0 Å². The Bertz CT molecular complexity index is 985. The molecule has 29 heavy (non-hydrogen) atoms. The maximum Gasteiger partial charge on any atom is 0.407 e. The molecule has 7 nitrogen and oxygen atoms in total. The van der Waals surface area contributed by atoms with Crippen molar-refractivity contribution in [1.29, 1.82) is 0 Å². The molecule has 1 saturated heterocycles. The number of carbonyl (C=O) groups is 1. The molecule has 1 aromatic heterocycles. The van der Waals surface area contributed by atoms with Crippen LogP contribution in [0.15, 0.2) is 29.2 Å².